The van der Waals surface area contributed by atoms with E-state index in [9.17, 15) is 0 Å². The predicted molar refractivity (Wildman–Crippen MR) is 85.8 cm³/mol. The average molecular weight is 388 g/mol. The number of hydrogen-bond acceptors (Lipinski definition) is 3. The number of hydrogen-bond donors (Lipinski definition) is 1. The molecule has 0 amide bonds. The molecule has 1 heterocycles. The summed E-state index contributed by atoms with van der Waals surface area (Å²) in [5.74, 6) is 0.796. The monoisotopic (exact) mass is 386 g/mol. The fourth-order valence-electron chi connectivity index (χ4n) is 1.85. The largest absolute Gasteiger partial charge is 0.486 e. The summed E-state index contributed by atoms with van der Waals surface area (Å²) in [5.41, 5.74) is 0.868. The van der Waals surface area contributed by atoms with E-state index < -0.39 is 0 Å². The molecule has 1 N–H and O–H groups in total. The molecule has 0 radical (unpaired) electrons. The van der Waals surface area contributed by atoms with Gasteiger partial charge in [-0.1, -0.05) is 28.9 Å². The molecular weight excluding hydrogens is 372 g/mol. The van der Waals surface area contributed by atoms with Crippen LogP contribution in [0.2, 0.25) is 0 Å². The molecule has 0 bridgehead atoms. The molecule has 0 saturated heterocycles. The maximum absolute atomic E-state index is 6.02. The molecule has 0 aliphatic heterocycles. The van der Waals surface area contributed by atoms with Crippen LogP contribution in [0.3, 0.4) is 0 Å². The Labute approximate surface area is 130 Å². The lowest BCUT2D eigenvalue weighted by Crippen LogP contribution is -2.28. The zero-order chi connectivity index (χ0) is 13.8. The molecule has 0 aliphatic carbocycles. The van der Waals surface area contributed by atoms with Crippen LogP contribution in [0, 0.1) is 0 Å². The molecule has 0 fully saturated rings. The highest BCUT2D eigenvalue weighted by atomic mass is 79.9. The molecule has 1 aromatic carbocycles. The van der Waals surface area contributed by atoms with Crippen molar-refractivity contribution in [3.8, 4) is 5.75 Å². The summed E-state index contributed by atoms with van der Waals surface area (Å²) in [4.78, 5) is 4.43. The number of benzene rings is 1. The summed E-state index contributed by atoms with van der Waals surface area (Å²) in [6.07, 6.45) is 1.87. The molecule has 1 atom stereocenters. The first-order valence-corrected chi connectivity index (χ1v) is 7.82. The Kier molecular flexibility index (Phi) is 5.19. The molecule has 0 spiro atoms. The highest BCUT2D eigenvalue weighted by Crippen LogP contribution is 2.37. The van der Waals surface area contributed by atoms with Gasteiger partial charge in [0.1, 0.15) is 11.6 Å². The van der Waals surface area contributed by atoms with Crippen LogP contribution in [0.4, 0.5) is 0 Å². The SMILES string of the molecule is CCNCC(C)Oc1c(Br)cc(Br)c2cccnc12. The van der Waals surface area contributed by atoms with Crippen molar-refractivity contribution in [2.24, 2.45) is 0 Å². The third-order valence-electron chi connectivity index (χ3n) is 2.75. The number of fused-ring (bicyclic) bond motifs is 1. The van der Waals surface area contributed by atoms with Gasteiger partial charge in [-0.3, -0.25) is 4.98 Å². The van der Waals surface area contributed by atoms with Gasteiger partial charge < -0.3 is 10.1 Å². The standard InChI is InChI=1S/C14H16Br2N2O/c1-3-17-8-9(2)19-14-12(16)7-11(15)10-5-4-6-18-13(10)14/h4-7,9,17H,3,8H2,1-2H3. The summed E-state index contributed by atoms with van der Waals surface area (Å²) in [7, 11) is 0. The van der Waals surface area contributed by atoms with E-state index in [0.717, 1.165) is 38.7 Å². The minimum absolute atomic E-state index is 0.0858. The number of rotatable bonds is 5. The Morgan fingerprint density at radius 3 is 2.89 bits per heavy atom. The van der Waals surface area contributed by atoms with Crippen molar-refractivity contribution in [3.63, 3.8) is 0 Å². The molecule has 2 aromatic rings. The normalized spacial score (nSPS) is 12.6. The van der Waals surface area contributed by atoms with Crippen molar-refractivity contribution in [2.75, 3.05) is 13.1 Å². The van der Waals surface area contributed by atoms with Gasteiger partial charge >= 0.3 is 0 Å². The molecule has 19 heavy (non-hydrogen) atoms. The fraction of sp³-hybridized carbons (Fsp3) is 0.357. The quantitative estimate of drug-likeness (QED) is 0.837. The van der Waals surface area contributed by atoms with Gasteiger partial charge in [0, 0.05) is 22.6 Å². The second kappa shape index (κ2) is 6.68. The Hall–Kier alpha value is -0.650. The van der Waals surface area contributed by atoms with E-state index >= 15 is 0 Å². The minimum atomic E-state index is 0.0858. The van der Waals surface area contributed by atoms with Gasteiger partial charge in [-0.25, -0.2) is 0 Å². The molecule has 5 heteroatoms. The van der Waals surface area contributed by atoms with E-state index in [-0.39, 0.29) is 6.10 Å². The van der Waals surface area contributed by atoms with Gasteiger partial charge in [0.2, 0.25) is 0 Å². The van der Waals surface area contributed by atoms with E-state index in [0.29, 0.717) is 0 Å². The van der Waals surface area contributed by atoms with E-state index in [2.05, 4.69) is 49.1 Å². The van der Waals surface area contributed by atoms with Crippen molar-refractivity contribution < 1.29 is 4.74 Å². The number of nitrogens with one attached hydrogen (secondary N) is 1. The number of aromatic nitrogens is 1. The van der Waals surface area contributed by atoms with Crippen LogP contribution in [-0.2, 0) is 0 Å². The molecule has 0 saturated carbocycles. The topological polar surface area (TPSA) is 34.1 Å². The highest BCUT2D eigenvalue weighted by molar-refractivity contribution is 9.11. The first kappa shape index (κ1) is 14.8. The molecule has 102 valence electrons. The van der Waals surface area contributed by atoms with Crippen LogP contribution >= 0.6 is 31.9 Å². The first-order chi connectivity index (χ1) is 9.13. The maximum Gasteiger partial charge on any atom is 0.160 e. The lowest BCUT2D eigenvalue weighted by Gasteiger charge is -2.18. The Balaban J connectivity index is 2.37. The van der Waals surface area contributed by atoms with Gasteiger partial charge in [-0.15, -0.1) is 0 Å². The Morgan fingerprint density at radius 2 is 2.16 bits per heavy atom. The van der Waals surface area contributed by atoms with E-state index in [1.807, 2.05) is 25.1 Å². The molecule has 1 unspecified atom stereocenters. The van der Waals surface area contributed by atoms with Crippen molar-refractivity contribution in [1.82, 2.24) is 10.3 Å². The third kappa shape index (κ3) is 3.46. The van der Waals surface area contributed by atoms with Crippen molar-refractivity contribution in [2.45, 2.75) is 20.0 Å². The average Bonchev–Trinajstić information content (AvgIpc) is 2.41. The lowest BCUT2D eigenvalue weighted by molar-refractivity contribution is 0.219. The Morgan fingerprint density at radius 1 is 1.37 bits per heavy atom. The van der Waals surface area contributed by atoms with Crippen LogP contribution in [-0.4, -0.2) is 24.2 Å². The zero-order valence-electron chi connectivity index (χ0n) is 10.9. The van der Waals surface area contributed by atoms with Gasteiger partial charge in [0.25, 0.3) is 0 Å². The molecule has 3 nitrogen and oxygen atoms in total. The van der Waals surface area contributed by atoms with Crippen molar-refractivity contribution in [3.05, 3.63) is 33.3 Å². The van der Waals surface area contributed by atoms with E-state index in [4.69, 9.17) is 4.74 Å². The van der Waals surface area contributed by atoms with Gasteiger partial charge in [-0.05, 0) is 41.5 Å². The van der Waals surface area contributed by atoms with Gasteiger partial charge in [0.15, 0.2) is 5.75 Å². The van der Waals surface area contributed by atoms with Crippen molar-refractivity contribution in [1.29, 1.82) is 0 Å². The van der Waals surface area contributed by atoms with Gasteiger partial charge in [-0.2, -0.15) is 0 Å². The highest BCUT2D eigenvalue weighted by Gasteiger charge is 2.14. The van der Waals surface area contributed by atoms with E-state index in [1.165, 1.54) is 0 Å². The van der Waals surface area contributed by atoms with Crippen LogP contribution in [0.5, 0.6) is 5.75 Å². The third-order valence-corrected chi connectivity index (χ3v) is 4.00. The number of halogens is 2. The van der Waals surface area contributed by atoms with Crippen LogP contribution in [0.25, 0.3) is 10.9 Å². The molecule has 2 rings (SSSR count). The second-order valence-corrected chi connectivity index (χ2v) is 6.01. The lowest BCUT2D eigenvalue weighted by atomic mass is 10.2. The molecule has 0 aliphatic rings. The maximum atomic E-state index is 6.02. The smallest absolute Gasteiger partial charge is 0.160 e. The fourth-order valence-corrected chi connectivity index (χ4v) is 3.22. The molecule has 1 aromatic heterocycles. The first-order valence-electron chi connectivity index (χ1n) is 6.23. The van der Waals surface area contributed by atoms with Crippen LogP contribution in [0.15, 0.2) is 33.3 Å². The predicted octanol–water partition coefficient (Wildman–Crippen LogP) is 4.14. The van der Waals surface area contributed by atoms with Crippen LogP contribution < -0.4 is 10.1 Å². The number of pyridine rings is 1. The second-order valence-electron chi connectivity index (χ2n) is 4.31. The Bertz CT molecular complexity index is 575. The summed E-state index contributed by atoms with van der Waals surface area (Å²) < 4.78 is 7.94. The van der Waals surface area contributed by atoms with E-state index in [1.54, 1.807) is 6.20 Å². The summed E-state index contributed by atoms with van der Waals surface area (Å²) in [5, 5.41) is 4.33. The summed E-state index contributed by atoms with van der Waals surface area (Å²) in [6.45, 7) is 5.88. The number of likely N-dealkylation sites (N-methyl/N-ethyl adjacent to an activating group) is 1. The minimum Gasteiger partial charge on any atom is -0.486 e. The summed E-state index contributed by atoms with van der Waals surface area (Å²) in [6, 6.07) is 5.95. The van der Waals surface area contributed by atoms with Crippen LogP contribution in [0.1, 0.15) is 13.8 Å². The van der Waals surface area contributed by atoms with Crippen molar-refractivity contribution >= 4 is 42.8 Å². The zero-order valence-corrected chi connectivity index (χ0v) is 14.1. The summed E-state index contributed by atoms with van der Waals surface area (Å²) >= 11 is 7.10. The molecular formula is C14H16Br2N2O. The number of ether oxygens (including phenoxy) is 1. The van der Waals surface area contributed by atoms with Gasteiger partial charge in [0.05, 0.1) is 4.47 Å². The number of nitrogens with zero attached hydrogens (tertiary/aromatic N) is 1.